The molecule has 0 fully saturated rings. The number of anilines is 1. The topological polar surface area (TPSA) is 73.4 Å². The van der Waals surface area contributed by atoms with Crippen LogP contribution in [0.15, 0.2) is 24.3 Å². The number of thiocarbonyl (C=S) groups is 1. The Morgan fingerprint density at radius 2 is 1.91 bits per heavy atom. The van der Waals surface area contributed by atoms with E-state index in [1.54, 1.807) is 26.0 Å². The fraction of sp³-hybridized carbons (Fsp3) is 0.385. The molecule has 0 aromatic heterocycles. The number of carbonyl (C=O) groups excluding carboxylic acids is 1. The molecule has 0 spiro atoms. The number of aromatic hydroxyl groups is 1. The van der Waals surface area contributed by atoms with Crippen LogP contribution in [0, 0.1) is 5.92 Å². The zero-order valence-electron chi connectivity index (χ0n) is 11.9. The first-order chi connectivity index (χ1) is 10.1. The summed E-state index contributed by atoms with van der Waals surface area (Å²) in [6.07, 6.45) is -1.01. The van der Waals surface area contributed by atoms with Gasteiger partial charge < -0.3 is 21.1 Å². The van der Waals surface area contributed by atoms with E-state index in [4.69, 9.17) is 47.0 Å². The summed E-state index contributed by atoms with van der Waals surface area (Å²) >= 11 is 22.7. The Morgan fingerprint density at radius 3 is 2.41 bits per heavy atom. The van der Waals surface area contributed by atoms with Crippen LogP contribution in [0.3, 0.4) is 0 Å². The fourth-order valence-electron chi connectivity index (χ4n) is 1.39. The normalized spacial score (nSPS) is 12.6. The van der Waals surface area contributed by atoms with Gasteiger partial charge in [0.25, 0.3) is 0 Å². The second-order valence-corrected chi connectivity index (χ2v) is 7.56. The predicted octanol–water partition coefficient (Wildman–Crippen LogP) is 3.15. The van der Waals surface area contributed by atoms with Gasteiger partial charge in [-0.15, -0.1) is 0 Å². The molecule has 4 N–H and O–H groups in total. The monoisotopic (exact) mass is 383 g/mol. The molecule has 1 aromatic carbocycles. The lowest BCUT2D eigenvalue weighted by Crippen LogP contribution is -2.56. The van der Waals surface area contributed by atoms with Gasteiger partial charge in [-0.3, -0.25) is 4.79 Å². The highest BCUT2D eigenvalue weighted by Gasteiger charge is 2.35. The minimum Gasteiger partial charge on any atom is -0.508 e. The van der Waals surface area contributed by atoms with E-state index in [0.29, 0.717) is 5.69 Å². The van der Waals surface area contributed by atoms with Crippen LogP contribution in [-0.4, -0.2) is 26.1 Å². The smallest absolute Gasteiger partial charge is 0.228 e. The Morgan fingerprint density at radius 1 is 1.27 bits per heavy atom. The number of benzene rings is 1. The van der Waals surface area contributed by atoms with E-state index in [1.807, 2.05) is 0 Å². The number of phenolic OH excluding ortho intramolecular Hbond substituents is 1. The first kappa shape index (κ1) is 19.1. The number of hydrogen-bond donors (Lipinski definition) is 4. The number of hydrogen-bond acceptors (Lipinski definition) is 3. The van der Waals surface area contributed by atoms with Crippen LogP contribution in [0.25, 0.3) is 0 Å². The summed E-state index contributed by atoms with van der Waals surface area (Å²) in [5.74, 6) is -0.480. The van der Waals surface area contributed by atoms with E-state index in [9.17, 15) is 9.90 Å². The molecule has 1 atom stereocenters. The van der Waals surface area contributed by atoms with E-state index < -0.39 is 9.96 Å². The summed E-state index contributed by atoms with van der Waals surface area (Å²) in [5.41, 5.74) is 0.552. The summed E-state index contributed by atoms with van der Waals surface area (Å²) in [4.78, 5) is 11.8. The summed E-state index contributed by atoms with van der Waals surface area (Å²) < 4.78 is -1.80. The minimum atomic E-state index is -1.80. The average molecular weight is 385 g/mol. The first-order valence-corrected chi connectivity index (χ1v) is 7.87. The highest BCUT2D eigenvalue weighted by Crippen LogP contribution is 2.29. The second kappa shape index (κ2) is 8.06. The number of rotatable bonds is 4. The van der Waals surface area contributed by atoms with Gasteiger partial charge in [0, 0.05) is 17.7 Å². The fourth-order valence-corrected chi connectivity index (χ4v) is 1.95. The van der Waals surface area contributed by atoms with Crippen LogP contribution in [0.1, 0.15) is 13.8 Å². The van der Waals surface area contributed by atoms with Crippen molar-refractivity contribution in [2.75, 3.05) is 5.32 Å². The van der Waals surface area contributed by atoms with Gasteiger partial charge in [-0.05, 0) is 24.4 Å². The molecule has 5 nitrogen and oxygen atoms in total. The molecule has 0 aliphatic heterocycles. The minimum absolute atomic E-state index is 0.0823. The molecule has 1 amide bonds. The Balaban J connectivity index is 2.73. The van der Waals surface area contributed by atoms with Gasteiger partial charge in [-0.1, -0.05) is 54.7 Å². The Hall–Kier alpha value is -0.950. The van der Waals surface area contributed by atoms with Crippen molar-refractivity contribution in [2.24, 2.45) is 5.92 Å². The molecule has 122 valence electrons. The molecular formula is C13H16Cl3N3O2S. The second-order valence-electron chi connectivity index (χ2n) is 4.79. The van der Waals surface area contributed by atoms with Gasteiger partial charge in [0.2, 0.25) is 9.70 Å². The number of carbonyl (C=O) groups is 1. The van der Waals surface area contributed by atoms with Crippen LogP contribution < -0.4 is 16.0 Å². The van der Waals surface area contributed by atoms with Gasteiger partial charge in [0.15, 0.2) is 5.11 Å². The number of nitrogens with one attached hydrogen (secondary N) is 3. The van der Waals surface area contributed by atoms with E-state index >= 15 is 0 Å². The van der Waals surface area contributed by atoms with Crippen LogP contribution in [-0.2, 0) is 4.79 Å². The maximum Gasteiger partial charge on any atom is 0.228 e. The molecule has 0 aliphatic carbocycles. The molecule has 0 bridgehead atoms. The number of alkyl halides is 3. The van der Waals surface area contributed by atoms with E-state index in [2.05, 4.69) is 16.0 Å². The first-order valence-electron chi connectivity index (χ1n) is 6.33. The summed E-state index contributed by atoms with van der Waals surface area (Å²) in [7, 11) is 0. The zero-order chi connectivity index (χ0) is 16.9. The molecule has 0 aliphatic rings. The molecular weight excluding hydrogens is 369 g/mol. The lowest BCUT2D eigenvalue weighted by atomic mass is 10.2. The standard InChI is InChI=1S/C13H16Cl3N3O2S/c1-7(2)10(21)18-11(13(14,15)16)19-12(22)17-8-4-3-5-9(20)6-8/h3-7,11,20H,1-2H3,(H,18,21)(H2,17,19,22)/t11-/m1/s1. The van der Waals surface area contributed by atoms with E-state index in [1.165, 1.54) is 12.1 Å². The van der Waals surface area contributed by atoms with Crippen molar-refractivity contribution >= 4 is 63.7 Å². The van der Waals surface area contributed by atoms with Gasteiger partial charge in [0.05, 0.1) is 0 Å². The van der Waals surface area contributed by atoms with Crippen molar-refractivity contribution in [1.29, 1.82) is 0 Å². The third kappa shape index (κ3) is 6.44. The summed E-state index contributed by atoms with van der Waals surface area (Å²) in [6.45, 7) is 3.43. The predicted molar refractivity (Wildman–Crippen MR) is 94.5 cm³/mol. The molecule has 0 radical (unpaired) electrons. The lowest BCUT2D eigenvalue weighted by Gasteiger charge is -2.28. The van der Waals surface area contributed by atoms with Crippen LogP contribution in [0.2, 0.25) is 0 Å². The SMILES string of the molecule is CC(C)C(=O)N[C@H](NC(=S)Nc1cccc(O)c1)C(Cl)(Cl)Cl. The highest BCUT2D eigenvalue weighted by molar-refractivity contribution is 7.80. The highest BCUT2D eigenvalue weighted by atomic mass is 35.6. The molecule has 1 aromatic rings. The average Bonchev–Trinajstić information content (AvgIpc) is 2.36. The summed E-state index contributed by atoms with van der Waals surface area (Å²) in [6, 6.07) is 6.34. The Kier molecular flexibility index (Phi) is 6.99. The molecule has 9 heteroatoms. The van der Waals surface area contributed by atoms with Gasteiger partial charge >= 0.3 is 0 Å². The molecule has 0 unspecified atom stereocenters. The molecule has 0 heterocycles. The molecule has 0 saturated carbocycles. The molecule has 22 heavy (non-hydrogen) atoms. The lowest BCUT2D eigenvalue weighted by molar-refractivity contribution is -0.124. The van der Waals surface area contributed by atoms with Crippen LogP contribution in [0.5, 0.6) is 5.75 Å². The zero-order valence-corrected chi connectivity index (χ0v) is 14.9. The quantitative estimate of drug-likeness (QED) is 0.365. The third-order valence-corrected chi connectivity index (χ3v) is 3.39. The van der Waals surface area contributed by atoms with Gasteiger partial charge in [-0.25, -0.2) is 0 Å². The van der Waals surface area contributed by atoms with E-state index in [-0.39, 0.29) is 22.7 Å². The van der Waals surface area contributed by atoms with Crippen LogP contribution in [0.4, 0.5) is 5.69 Å². The Labute approximate surface area is 149 Å². The largest absolute Gasteiger partial charge is 0.508 e. The number of halogens is 3. The van der Waals surface area contributed by atoms with E-state index in [0.717, 1.165) is 0 Å². The molecule has 1 rings (SSSR count). The van der Waals surface area contributed by atoms with Crippen molar-refractivity contribution < 1.29 is 9.90 Å². The van der Waals surface area contributed by atoms with Gasteiger partial charge in [0.1, 0.15) is 11.9 Å². The third-order valence-electron chi connectivity index (χ3n) is 2.52. The van der Waals surface area contributed by atoms with Crippen molar-refractivity contribution in [1.82, 2.24) is 10.6 Å². The Bertz CT molecular complexity index is 550. The maximum atomic E-state index is 11.8. The maximum absolute atomic E-state index is 11.8. The van der Waals surface area contributed by atoms with Crippen molar-refractivity contribution in [3.63, 3.8) is 0 Å². The number of phenols is 1. The van der Waals surface area contributed by atoms with Gasteiger partial charge in [-0.2, -0.15) is 0 Å². The van der Waals surface area contributed by atoms with Crippen molar-refractivity contribution in [3.05, 3.63) is 24.3 Å². The number of amides is 1. The molecule has 0 saturated heterocycles. The van der Waals surface area contributed by atoms with Crippen molar-refractivity contribution in [3.8, 4) is 5.75 Å². The van der Waals surface area contributed by atoms with Crippen molar-refractivity contribution in [2.45, 2.75) is 23.8 Å². The van der Waals surface area contributed by atoms with Crippen LogP contribution >= 0.6 is 47.0 Å². The summed E-state index contributed by atoms with van der Waals surface area (Å²) in [5, 5.41) is 17.6.